The molecule has 0 heteroatoms. The van der Waals surface area contributed by atoms with Crippen LogP contribution in [0.2, 0.25) is 0 Å². The van der Waals surface area contributed by atoms with Gasteiger partial charge in [0.05, 0.1) is 0 Å². The van der Waals surface area contributed by atoms with Crippen molar-refractivity contribution in [3.63, 3.8) is 0 Å². The fourth-order valence-corrected chi connectivity index (χ4v) is 2.86. The molecule has 0 atom stereocenters. The third-order valence-corrected chi connectivity index (χ3v) is 3.65. The van der Waals surface area contributed by atoms with E-state index in [1.807, 2.05) is 0 Å². The van der Waals surface area contributed by atoms with Gasteiger partial charge in [-0.3, -0.25) is 0 Å². The Labute approximate surface area is 102 Å². The molecule has 0 amide bonds. The molecule has 1 aliphatic rings. The monoisotopic (exact) mass is 220 g/mol. The lowest BCUT2D eigenvalue weighted by Gasteiger charge is -2.22. The lowest BCUT2D eigenvalue weighted by atomic mass is 9.82. The summed E-state index contributed by atoms with van der Waals surface area (Å²) in [5.74, 6) is 0. The Morgan fingerprint density at radius 2 is 1.71 bits per heavy atom. The molecule has 0 saturated carbocycles. The molecule has 0 spiro atoms. The van der Waals surface area contributed by atoms with Gasteiger partial charge in [0, 0.05) is 0 Å². The third-order valence-electron chi connectivity index (χ3n) is 3.65. The highest BCUT2D eigenvalue weighted by atomic mass is 14.2. The number of hydrogen-bond donors (Lipinski definition) is 0. The topological polar surface area (TPSA) is 0 Å². The molecule has 0 heterocycles. The molecule has 0 nitrogen and oxygen atoms in total. The third kappa shape index (κ3) is 1.44. The van der Waals surface area contributed by atoms with Crippen LogP contribution in [0.3, 0.4) is 0 Å². The van der Waals surface area contributed by atoms with Crippen molar-refractivity contribution in [3.05, 3.63) is 65.3 Å². The van der Waals surface area contributed by atoms with Crippen molar-refractivity contribution in [2.75, 3.05) is 0 Å². The van der Waals surface area contributed by atoms with Crippen LogP contribution in [-0.4, -0.2) is 0 Å². The van der Waals surface area contributed by atoms with Gasteiger partial charge in [-0.1, -0.05) is 48.6 Å². The van der Waals surface area contributed by atoms with Gasteiger partial charge < -0.3 is 0 Å². The lowest BCUT2D eigenvalue weighted by Crippen LogP contribution is -2.03. The lowest BCUT2D eigenvalue weighted by molar-refractivity contribution is 1.19. The molecule has 2 aromatic carbocycles. The Hall–Kier alpha value is -1.82. The molecule has 3 rings (SSSR count). The van der Waals surface area contributed by atoms with Crippen LogP contribution < -0.4 is 0 Å². The summed E-state index contributed by atoms with van der Waals surface area (Å²) in [6.45, 7) is 4.26. The second kappa shape index (κ2) is 3.89. The van der Waals surface area contributed by atoms with E-state index < -0.39 is 0 Å². The van der Waals surface area contributed by atoms with Crippen molar-refractivity contribution in [3.8, 4) is 0 Å². The van der Waals surface area contributed by atoms with E-state index in [2.05, 4.69) is 62.4 Å². The van der Waals surface area contributed by atoms with Crippen LogP contribution in [0.5, 0.6) is 0 Å². The van der Waals surface area contributed by atoms with Crippen LogP contribution in [0.25, 0.3) is 16.3 Å². The second-order valence-electron chi connectivity index (χ2n) is 4.51. The van der Waals surface area contributed by atoms with Gasteiger partial charge in [-0.2, -0.15) is 0 Å². The summed E-state index contributed by atoms with van der Waals surface area (Å²) < 4.78 is 0. The molecule has 0 bridgehead atoms. The summed E-state index contributed by atoms with van der Waals surface area (Å²) >= 11 is 0. The molecule has 1 aliphatic carbocycles. The summed E-state index contributed by atoms with van der Waals surface area (Å²) in [6.07, 6.45) is 5.54. The smallest absolute Gasteiger partial charge is 0.00166 e. The summed E-state index contributed by atoms with van der Waals surface area (Å²) in [7, 11) is 0. The maximum atomic E-state index is 2.25. The Balaban J connectivity index is 2.44. The molecule has 2 aromatic rings. The van der Waals surface area contributed by atoms with Gasteiger partial charge in [0.2, 0.25) is 0 Å². The average Bonchev–Trinajstić information content (AvgIpc) is 2.39. The predicted octanol–water partition coefficient (Wildman–Crippen LogP) is 4.75. The zero-order valence-corrected chi connectivity index (χ0v) is 10.3. The minimum atomic E-state index is 1.06. The largest absolute Gasteiger partial charge is 0.0835 e. The summed E-state index contributed by atoms with van der Waals surface area (Å²) in [4.78, 5) is 0. The average molecular weight is 220 g/mol. The van der Waals surface area contributed by atoms with Gasteiger partial charge in [0.1, 0.15) is 0 Å². The van der Waals surface area contributed by atoms with Crippen molar-refractivity contribution in [2.45, 2.75) is 20.3 Å². The van der Waals surface area contributed by atoms with Crippen molar-refractivity contribution in [2.24, 2.45) is 0 Å². The zero-order chi connectivity index (χ0) is 11.8. The molecule has 0 aromatic heterocycles. The van der Waals surface area contributed by atoms with Gasteiger partial charge in [-0.25, -0.2) is 0 Å². The molecule has 0 fully saturated rings. The van der Waals surface area contributed by atoms with E-state index in [1.165, 1.54) is 33.0 Å². The van der Waals surface area contributed by atoms with Gasteiger partial charge in [-0.15, -0.1) is 0 Å². The molecule has 0 N–H and O–H groups in total. The molecular weight excluding hydrogens is 204 g/mol. The first-order valence-electron chi connectivity index (χ1n) is 6.18. The van der Waals surface area contributed by atoms with Crippen LogP contribution in [0.15, 0.2) is 54.1 Å². The first kappa shape index (κ1) is 10.3. The molecule has 0 saturated heterocycles. The Bertz CT molecular complexity index is 637. The maximum Gasteiger partial charge on any atom is -0.00166 e. The summed E-state index contributed by atoms with van der Waals surface area (Å²) in [5.41, 5.74) is 5.69. The minimum Gasteiger partial charge on any atom is -0.0835 e. The van der Waals surface area contributed by atoms with Gasteiger partial charge in [0.25, 0.3) is 0 Å². The van der Waals surface area contributed by atoms with Gasteiger partial charge in [-0.05, 0) is 53.3 Å². The molecular formula is C17H16. The van der Waals surface area contributed by atoms with Crippen LogP contribution in [-0.2, 0) is 6.42 Å². The first-order valence-corrected chi connectivity index (χ1v) is 6.18. The van der Waals surface area contributed by atoms with E-state index in [4.69, 9.17) is 0 Å². The molecule has 0 radical (unpaired) electrons. The van der Waals surface area contributed by atoms with E-state index in [-0.39, 0.29) is 0 Å². The maximum absolute atomic E-state index is 2.25. The quantitative estimate of drug-likeness (QED) is 0.601. The molecule has 17 heavy (non-hydrogen) atoms. The van der Waals surface area contributed by atoms with E-state index >= 15 is 0 Å². The van der Waals surface area contributed by atoms with E-state index in [0.717, 1.165) is 6.42 Å². The summed E-state index contributed by atoms with van der Waals surface area (Å²) in [6, 6.07) is 13.2. The fraction of sp³-hybridized carbons (Fsp3) is 0.176. The molecule has 0 unspecified atom stereocenters. The standard InChI is InChI=1S/C17H16/c1-3-12-11-14-9-5-7-13-8-6-10-16(17(13)14)15(12)4-2/h3-10H,11H2,1-2H3. The van der Waals surface area contributed by atoms with Crippen molar-refractivity contribution >= 4 is 16.3 Å². The van der Waals surface area contributed by atoms with Crippen LogP contribution in [0.4, 0.5) is 0 Å². The van der Waals surface area contributed by atoms with Crippen molar-refractivity contribution in [1.82, 2.24) is 0 Å². The number of benzene rings is 2. The molecule has 84 valence electrons. The Morgan fingerprint density at radius 1 is 0.941 bits per heavy atom. The summed E-state index contributed by atoms with van der Waals surface area (Å²) in [5, 5.41) is 2.79. The van der Waals surface area contributed by atoms with E-state index in [9.17, 15) is 0 Å². The number of rotatable bonds is 0. The van der Waals surface area contributed by atoms with Crippen LogP contribution in [0.1, 0.15) is 25.0 Å². The van der Waals surface area contributed by atoms with Crippen molar-refractivity contribution < 1.29 is 0 Å². The number of hydrogen-bond acceptors (Lipinski definition) is 0. The Kier molecular flexibility index (Phi) is 2.36. The number of allylic oxidation sites excluding steroid dienone is 4. The second-order valence-corrected chi connectivity index (χ2v) is 4.51. The normalized spacial score (nSPS) is 19.2. The van der Waals surface area contributed by atoms with Crippen molar-refractivity contribution in [1.29, 1.82) is 0 Å². The highest BCUT2D eigenvalue weighted by molar-refractivity contribution is 6.02. The van der Waals surface area contributed by atoms with Gasteiger partial charge >= 0.3 is 0 Å². The molecule has 0 aliphatic heterocycles. The Morgan fingerprint density at radius 3 is 2.41 bits per heavy atom. The minimum absolute atomic E-state index is 1.06. The highest BCUT2D eigenvalue weighted by Gasteiger charge is 2.18. The van der Waals surface area contributed by atoms with Crippen LogP contribution >= 0.6 is 0 Å². The fourth-order valence-electron chi connectivity index (χ4n) is 2.86. The van der Waals surface area contributed by atoms with Gasteiger partial charge in [0.15, 0.2) is 0 Å². The zero-order valence-electron chi connectivity index (χ0n) is 10.3. The highest BCUT2D eigenvalue weighted by Crippen LogP contribution is 2.38. The van der Waals surface area contributed by atoms with E-state index in [0.29, 0.717) is 0 Å². The SMILES string of the molecule is CC=C1Cc2cccc3cccc(c23)C1=CC. The van der Waals surface area contributed by atoms with E-state index in [1.54, 1.807) is 0 Å². The van der Waals surface area contributed by atoms with Crippen LogP contribution in [0, 0.1) is 0 Å². The first-order chi connectivity index (χ1) is 8.35. The predicted molar refractivity (Wildman–Crippen MR) is 75.1 cm³/mol.